The quantitative estimate of drug-likeness (QED) is 0.746. The molecule has 0 N–H and O–H groups in total. The fraction of sp³-hybridized carbons (Fsp3) is 0.938. The Morgan fingerprint density at radius 2 is 1.78 bits per heavy atom. The average molecular weight is 251 g/mol. The lowest BCUT2D eigenvalue weighted by Gasteiger charge is -2.48. The molecule has 0 atom stereocenters. The maximum atomic E-state index is 11.9. The molecule has 2 fully saturated rings. The summed E-state index contributed by atoms with van der Waals surface area (Å²) >= 11 is 0. The Morgan fingerprint density at radius 3 is 2.22 bits per heavy atom. The summed E-state index contributed by atoms with van der Waals surface area (Å²) in [7, 11) is 0. The molecule has 18 heavy (non-hydrogen) atoms. The summed E-state index contributed by atoms with van der Waals surface area (Å²) in [6.45, 7) is 11.5. The van der Waals surface area contributed by atoms with E-state index in [0.29, 0.717) is 22.7 Å². The second-order valence-corrected chi connectivity index (χ2v) is 7.60. The predicted octanol–water partition coefficient (Wildman–Crippen LogP) is 3.85. The number of amides is 1. The molecule has 2 heteroatoms. The van der Waals surface area contributed by atoms with Crippen LogP contribution >= 0.6 is 0 Å². The third kappa shape index (κ3) is 2.73. The number of hydrogen-bond acceptors (Lipinski definition) is 1. The number of nitrogens with zero attached hydrogens (tertiary/aromatic N) is 1. The Labute approximate surface area is 112 Å². The van der Waals surface area contributed by atoms with Crippen LogP contribution in [0.15, 0.2) is 0 Å². The second kappa shape index (κ2) is 4.86. The molecule has 0 spiro atoms. The number of likely N-dealkylation sites (tertiary alicyclic amines) is 1. The smallest absolute Gasteiger partial charge is 0.222 e. The van der Waals surface area contributed by atoms with Gasteiger partial charge in [0.05, 0.1) is 0 Å². The molecule has 1 aliphatic heterocycles. The van der Waals surface area contributed by atoms with Gasteiger partial charge in [-0.05, 0) is 48.9 Å². The van der Waals surface area contributed by atoms with Crippen LogP contribution < -0.4 is 0 Å². The zero-order chi connectivity index (χ0) is 13.4. The molecule has 0 radical (unpaired) electrons. The summed E-state index contributed by atoms with van der Waals surface area (Å²) in [6, 6.07) is 0. The molecule has 104 valence electrons. The Bertz CT molecular complexity index is 309. The summed E-state index contributed by atoms with van der Waals surface area (Å²) in [5, 5.41) is 0. The monoisotopic (exact) mass is 251 g/mol. The lowest BCUT2D eigenvalue weighted by Crippen LogP contribution is -2.45. The first kappa shape index (κ1) is 13.9. The van der Waals surface area contributed by atoms with Crippen molar-refractivity contribution in [3.8, 4) is 0 Å². The van der Waals surface area contributed by atoms with E-state index in [1.807, 2.05) is 0 Å². The van der Waals surface area contributed by atoms with E-state index in [1.54, 1.807) is 0 Å². The van der Waals surface area contributed by atoms with Crippen LogP contribution in [-0.2, 0) is 4.79 Å². The van der Waals surface area contributed by atoms with Gasteiger partial charge in [-0.2, -0.15) is 0 Å². The molecule has 1 amide bonds. The molecule has 0 aromatic heterocycles. The number of carbonyl (C=O) groups excluding carboxylic acids is 1. The highest BCUT2D eigenvalue weighted by Crippen LogP contribution is 2.49. The molecule has 1 aliphatic carbocycles. The van der Waals surface area contributed by atoms with E-state index in [0.717, 1.165) is 25.9 Å². The Kier molecular flexibility index (Phi) is 3.75. The fourth-order valence-corrected chi connectivity index (χ4v) is 3.59. The van der Waals surface area contributed by atoms with Crippen molar-refractivity contribution >= 4 is 5.91 Å². The number of rotatable bonds is 3. The third-order valence-electron chi connectivity index (χ3n) is 5.50. The molecule has 0 unspecified atom stereocenters. The highest BCUT2D eigenvalue weighted by Gasteiger charge is 2.42. The third-order valence-corrected chi connectivity index (χ3v) is 5.50. The van der Waals surface area contributed by atoms with Gasteiger partial charge in [-0.1, -0.05) is 27.7 Å². The van der Waals surface area contributed by atoms with Gasteiger partial charge in [-0.15, -0.1) is 0 Å². The van der Waals surface area contributed by atoms with Crippen LogP contribution in [0.3, 0.4) is 0 Å². The summed E-state index contributed by atoms with van der Waals surface area (Å²) < 4.78 is 0. The average Bonchev–Trinajstić information content (AvgIpc) is 2.67. The van der Waals surface area contributed by atoms with Gasteiger partial charge in [0.25, 0.3) is 0 Å². The van der Waals surface area contributed by atoms with Crippen molar-refractivity contribution in [1.82, 2.24) is 4.90 Å². The normalized spacial score (nSPS) is 26.9. The Balaban J connectivity index is 2.06. The van der Waals surface area contributed by atoms with Crippen LogP contribution in [0.1, 0.15) is 66.2 Å². The SMILES string of the molecule is CC(C)C1(CN2CCCC2=O)CCC(C)(C)CC1. The maximum Gasteiger partial charge on any atom is 0.222 e. The second-order valence-electron chi connectivity index (χ2n) is 7.60. The minimum absolute atomic E-state index is 0.384. The first-order chi connectivity index (χ1) is 8.35. The standard InChI is InChI=1S/C16H29NO/c1-13(2)16(9-7-15(3,4)8-10-16)12-17-11-5-6-14(17)18/h13H,5-12H2,1-4H3. The molecule has 2 nitrogen and oxygen atoms in total. The maximum absolute atomic E-state index is 11.9. The van der Waals surface area contributed by atoms with Gasteiger partial charge in [-0.3, -0.25) is 4.79 Å². The van der Waals surface area contributed by atoms with E-state index in [-0.39, 0.29) is 0 Å². The van der Waals surface area contributed by atoms with Gasteiger partial charge in [0.2, 0.25) is 5.91 Å². The Morgan fingerprint density at radius 1 is 1.17 bits per heavy atom. The van der Waals surface area contributed by atoms with E-state index < -0.39 is 0 Å². The van der Waals surface area contributed by atoms with Gasteiger partial charge in [0.15, 0.2) is 0 Å². The predicted molar refractivity (Wildman–Crippen MR) is 75.3 cm³/mol. The molecular formula is C16H29NO. The summed E-state index contributed by atoms with van der Waals surface area (Å²) in [5.41, 5.74) is 0.892. The van der Waals surface area contributed by atoms with Crippen molar-refractivity contribution in [2.75, 3.05) is 13.1 Å². The molecule has 2 aliphatic rings. The van der Waals surface area contributed by atoms with E-state index in [9.17, 15) is 4.79 Å². The molecule has 0 aromatic carbocycles. The van der Waals surface area contributed by atoms with Crippen LogP contribution in [0.2, 0.25) is 0 Å². The van der Waals surface area contributed by atoms with Gasteiger partial charge in [-0.25, -0.2) is 0 Å². The minimum Gasteiger partial charge on any atom is -0.342 e. The zero-order valence-electron chi connectivity index (χ0n) is 12.6. The van der Waals surface area contributed by atoms with Crippen molar-refractivity contribution < 1.29 is 4.79 Å². The van der Waals surface area contributed by atoms with Crippen molar-refractivity contribution in [3.63, 3.8) is 0 Å². The van der Waals surface area contributed by atoms with Crippen molar-refractivity contribution in [2.24, 2.45) is 16.7 Å². The first-order valence-corrected chi connectivity index (χ1v) is 7.62. The lowest BCUT2D eigenvalue weighted by molar-refractivity contribution is -0.130. The molecule has 0 aromatic rings. The van der Waals surface area contributed by atoms with Crippen LogP contribution in [0, 0.1) is 16.7 Å². The van der Waals surface area contributed by atoms with Gasteiger partial charge in [0, 0.05) is 19.5 Å². The van der Waals surface area contributed by atoms with E-state index in [2.05, 4.69) is 32.6 Å². The van der Waals surface area contributed by atoms with E-state index in [4.69, 9.17) is 0 Å². The van der Waals surface area contributed by atoms with E-state index in [1.165, 1.54) is 25.7 Å². The van der Waals surface area contributed by atoms with Crippen LogP contribution in [0.4, 0.5) is 0 Å². The Hall–Kier alpha value is -0.530. The van der Waals surface area contributed by atoms with Crippen LogP contribution in [-0.4, -0.2) is 23.9 Å². The summed E-state index contributed by atoms with van der Waals surface area (Å²) in [5.74, 6) is 1.07. The van der Waals surface area contributed by atoms with Crippen LogP contribution in [0.25, 0.3) is 0 Å². The first-order valence-electron chi connectivity index (χ1n) is 7.62. The van der Waals surface area contributed by atoms with Gasteiger partial charge in [0.1, 0.15) is 0 Å². The van der Waals surface area contributed by atoms with Crippen LogP contribution in [0.5, 0.6) is 0 Å². The number of carbonyl (C=O) groups is 1. The molecule has 0 bridgehead atoms. The molecule has 1 saturated heterocycles. The molecular weight excluding hydrogens is 222 g/mol. The lowest BCUT2D eigenvalue weighted by atomic mass is 9.60. The van der Waals surface area contributed by atoms with E-state index >= 15 is 0 Å². The number of hydrogen-bond donors (Lipinski definition) is 0. The molecule has 1 saturated carbocycles. The minimum atomic E-state index is 0.384. The van der Waals surface area contributed by atoms with Crippen molar-refractivity contribution in [1.29, 1.82) is 0 Å². The zero-order valence-corrected chi connectivity index (χ0v) is 12.6. The molecule has 2 rings (SSSR count). The fourth-order valence-electron chi connectivity index (χ4n) is 3.59. The van der Waals surface area contributed by atoms with Gasteiger partial charge >= 0.3 is 0 Å². The summed E-state index contributed by atoms with van der Waals surface area (Å²) in [4.78, 5) is 14.0. The van der Waals surface area contributed by atoms with Gasteiger partial charge < -0.3 is 4.90 Å². The highest BCUT2D eigenvalue weighted by molar-refractivity contribution is 5.78. The topological polar surface area (TPSA) is 20.3 Å². The largest absolute Gasteiger partial charge is 0.342 e. The summed E-state index contributed by atoms with van der Waals surface area (Å²) in [6.07, 6.45) is 7.06. The van der Waals surface area contributed by atoms with Crippen molar-refractivity contribution in [2.45, 2.75) is 66.2 Å². The van der Waals surface area contributed by atoms with Crippen molar-refractivity contribution in [3.05, 3.63) is 0 Å². The molecule has 1 heterocycles. The highest BCUT2D eigenvalue weighted by atomic mass is 16.2.